The van der Waals surface area contributed by atoms with Crippen LogP contribution in [0.3, 0.4) is 0 Å². The normalized spacial score (nSPS) is 15.3. The number of benzene rings is 2. The maximum atomic E-state index is 11.9. The van der Waals surface area contributed by atoms with Crippen LogP contribution >= 0.6 is 27.5 Å². The lowest BCUT2D eigenvalue weighted by molar-refractivity contribution is 0.0946. The van der Waals surface area contributed by atoms with Crippen LogP contribution in [0.2, 0.25) is 5.02 Å². The lowest BCUT2D eigenvalue weighted by atomic mass is 9.93. The van der Waals surface area contributed by atoms with E-state index in [9.17, 15) is 4.79 Å². The maximum absolute atomic E-state index is 11.9. The van der Waals surface area contributed by atoms with E-state index in [4.69, 9.17) is 17.3 Å². The van der Waals surface area contributed by atoms with Gasteiger partial charge in [0.25, 0.3) is 5.91 Å². The van der Waals surface area contributed by atoms with Crippen molar-refractivity contribution in [3.05, 3.63) is 68.1 Å². The van der Waals surface area contributed by atoms with E-state index in [1.807, 2.05) is 36.4 Å². The molecule has 2 aromatic rings. The summed E-state index contributed by atoms with van der Waals surface area (Å²) in [6, 6.07) is 11.2. The van der Waals surface area contributed by atoms with Crippen molar-refractivity contribution >= 4 is 33.4 Å². The van der Waals surface area contributed by atoms with Gasteiger partial charge in [-0.15, -0.1) is 0 Å². The number of nitrogens with two attached hydrogens (primary N) is 1. The molecule has 2 aromatic carbocycles. The van der Waals surface area contributed by atoms with Gasteiger partial charge in [-0.1, -0.05) is 29.8 Å². The molecule has 3 rings (SSSR count). The Morgan fingerprint density at radius 3 is 2.67 bits per heavy atom. The van der Waals surface area contributed by atoms with Gasteiger partial charge in [0.15, 0.2) is 0 Å². The Bertz CT molecular complexity index is 717. The van der Waals surface area contributed by atoms with E-state index in [0.29, 0.717) is 11.6 Å². The Balaban J connectivity index is 1.98. The van der Waals surface area contributed by atoms with E-state index in [-0.39, 0.29) is 11.9 Å². The molecule has 21 heavy (non-hydrogen) atoms. The third kappa shape index (κ3) is 2.84. The fraction of sp³-hybridized carbons (Fsp3) is 0.188. The van der Waals surface area contributed by atoms with Crippen LogP contribution in [-0.2, 0) is 6.42 Å². The lowest BCUT2D eigenvalue weighted by Gasteiger charge is -2.20. The van der Waals surface area contributed by atoms with Crippen LogP contribution in [0.5, 0.6) is 0 Å². The highest BCUT2D eigenvalue weighted by Crippen LogP contribution is 2.29. The topological polar surface area (TPSA) is 55.1 Å². The Kier molecular flexibility index (Phi) is 4.02. The predicted octanol–water partition coefficient (Wildman–Crippen LogP) is 3.44. The van der Waals surface area contributed by atoms with Crippen LogP contribution in [0.4, 0.5) is 0 Å². The number of rotatable bonds is 2. The Morgan fingerprint density at radius 1 is 1.19 bits per heavy atom. The highest BCUT2D eigenvalue weighted by atomic mass is 79.9. The van der Waals surface area contributed by atoms with E-state index >= 15 is 0 Å². The number of halogens is 2. The van der Waals surface area contributed by atoms with Crippen LogP contribution in [0, 0.1) is 0 Å². The van der Waals surface area contributed by atoms with Gasteiger partial charge in [0.2, 0.25) is 0 Å². The third-order valence-electron chi connectivity index (χ3n) is 3.72. The van der Waals surface area contributed by atoms with Gasteiger partial charge < -0.3 is 11.1 Å². The van der Waals surface area contributed by atoms with E-state index in [0.717, 1.165) is 33.1 Å². The van der Waals surface area contributed by atoms with Crippen molar-refractivity contribution in [2.75, 3.05) is 6.54 Å². The minimum atomic E-state index is -0.310. The molecule has 0 bridgehead atoms. The molecule has 1 heterocycles. The van der Waals surface area contributed by atoms with Crippen molar-refractivity contribution in [2.24, 2.45) is 5.73 Å². The van der Waals surface area contributed by atoms with Crippen molar-refractivity contribution in [3.63, 3.8) is 0 Å². The first-order valence-corrected chi connectivity index (χ1v) is 7.85. The van der Waals surface area contributed by atoms with Crippen LogP contribution < -0.4 is 11.1 Å². The molecule has 1 aliphatic rings. The Hall–Kier alpha value is -1.36. The van der Waals surface area contributed by atoms with Gasteiger partial charge in [0.05, 0.1) is 11.1 Å². The summed E-state index contributed by atoms with van der Waals surface area (Å²) in [6.45, 7) is 0.694. The standard InChI is InChI=1S/C16H14BrClN2O/c17-13-4-3-11(8-14(13)18)15(19)10-2-1-9-5-6-20-16(21)12(9)7-10/h1-4,7-8,15H,5-6,19H2,(H,20,21). The SMILES string of the molecule is NC(c1ccc(Br)c(Cl)c1)c1ccc2c(c1)C(=O)NCC2. The second-order valence-electron chi connectivity index (χ2n) is 5.07. The summed E-state index contributed by atoms with van der Waals surface area (Å²) in [5.41, 5.74) is 9.92. The van der Waals surface area contributed by atoms with Gasteiger partial charge >= 0.3 is 0 Å². The lowest BCUT2D eigenvalue weighted by Crippen LogP contribution is -2.32. The zero-order valence-electron chi connectivity index (χ0n) is 11.2. The van der Waals surface area contributed by atoms with Crippen LogP contribution in [0.1, 0.15) is 33.1 Å². The maximum Gasteiger partial charge on any atom is 0.251 e. The van der Waals surface area contributed by atoms with Crippen molar-refractivity contribution in [3.8, 4) is 0 Å². The summed E-state index contributed by atoms with van der Waals surface area (Å²) in [4.78, 5) is 11.9. The molecule has 1 atom stereocenters. The summed E-state index contributed by atoms with van der Waals surface area (Å²) >= 11 is 9.48. The molecule has 5 heteroatoms. The molecule has 0 spiro atoms. The van der Waals surface area contributed by atoms with Crippen LogP contribution in [-0.4, -0.2) is 12.5 Å². The van der Waals surface area contributed by atoms with Gasteiger partial charge in [-0.05, 0) is 57.2 Å². The second-order valence-corrected chi connectivity index (χ2v) is 6.34. The third-order valence-corrected chi connectivity index (χ3v) is 4.95. The number of carbonyl (C=O) groups excluding carboxylic acids is 1. The van der Waals surface area contributed by atoms with E-state index in [1.165, 1.54) is 0 Å². The summed E-state index contributed by atoms with van der Waals surface area (Å²) in [5, 5.41) is 3.48. The average molecular weight is 366 g/mol. The molecule has 1 unspecified atom stereocenters. The van der Waals surface area contributed by atoms with Gasteiger partial charge in [-0.25, -0.2) is 0 Å². The summed E-state index contributed by atoms with van der Waals surface area (Å²) < 4.78 is 0.838. The van der Waals surface area contributed by atoms with Gasteiger partial charge in [0.1, 0.15) is 0 Å². The highest BCUT2D eigenvalue weighted by molar-refractivity contribution is 9.10. The fourth-order valence-corrected chi connectivity index (χ4v) is 2.96. The molecule has 1 amide bonds. The number of hydrogen-bond donors (Lipinski definition) is 2. The Labute approximate surface area is 136 Å². The molecule has 0 radical (unpaired) electrons. The van der Waals surface area contributed by atoms with Gasteiger partial charge in [-0.2, -0.15) is 0 Å². The zero-order chi connectivity index (χ0) is 15.0. The number of carbonyl (C=O) groups is 1. The minimum absolute atomic E-state index is 0.0286. The molecule has 108 valence electrons. The fourth-order valence-electron chi connectivity index (χ4n) is 2.52. The molecule has 0 saturated heterocycles. The van der Waals surface area contributed by atoms with Crippen LogP contribution in [0.25, 0.3) is 0 Å². The predicted molar refractivity (Wildman–Crippen MR) is 87.7 cm³/mol. The summed E-state index contributed by atoms with van der Waals surface area (Å²) in [5.74, 6) is -0.0286. The van der Waals surface area contributed by atoms with Gasteiger partial charge in [-0.3, -0.25) is 4.79 Å². The number of fused-ring (bicyclic) bond motifs is 1. The zero-order valence-corrected chi connectivity index (χ0v) is 13.5. The van der Waals surface area contributed by atoms with E-state index in [1.54, 1.807) is 0 Å². The van der Waals surface area contributed by atoms with Crippen LogP contribution in [0.15, 0.2) is 40.9 Å². The average Bonchev–Trinajstić information content (AvgIpc) is 2.49. The first kappa shape index (κ1) is 14.6. The van der Waals surface area contributed by atoms with Crippen molar-refractivity contribution in [1.82, 2.24) is 5.32 Å². The molecular formula is C16H14BrClN2O. The largest absolute Gasteiger partial charge is 0.352 e. The monoisotopic (exact) mass is 364 g/mol. The number of hydrogen-bond acceptors (Lipinski definition) is 2. The van der Waals surface area contributed by atoms with Gasteiger partial charge in [0, 0.05) is 16.6 Å². The first-order chi connectivity index (χ1) is 10.1. The number of amides is 1. The van der Waals surface area contributed by atoms with Crippen molar-refractivity contribution in [1.29, 1.82) is 0 Å². The molecule has 0 aromatic heterocycles. The molecule has 3 N–H and O–H groups in total. The second kappa shape index (κ2) is 5.79. The molecule has 0 fully saturated rings. The van der Waals surface area contributed by atoms with Crippen molar-refractivity contribution < 1.29 is 4.79 Å². The highest BCUT2D eigenvalue weighted by Gasteiger charge is 2.19. The molecule has 0 saturated carbocycles. The Morgan fingerprint density at radius 2 is 1.90 bits per heavy atom. The quantitative estimate of drug-likeness (QED) is 0.856. The first-order valence-electron chi connectivity index (χ1n) is 6.68. The van der Waals surface area contributed by atoms with Crippen molar-refractivity contribution in [2.45, 2.75) is 12.5 Å². The number of nitrogens with one attached hydrogen (secondary N) is 1. The molecular weight excluding hydrogens is 352 g/mol. The molecule has 0 aliphatic carbocycles. The summed E-state index contributed by atoms with van der Waals surface area (Å²) in [6.07, 6.45) is 0.862. The smallest absolute Gasteiger partial charge is 0.251 e. The molecule has 1 aliphatic heterocycles. The summed E-state index contributed by atoms with van der Waals surface area (Å²) in [7, 11) is 0. The van der Waals surface area contributed by atoms with E-state index < -0.39 is 0 Å². The van der Waals surface area contributed by atoms with E-state index in [2.05, 4.69) is 21.2 Å². The molecule has 3 nitrogen and oxygen atoms in total. The minimum Gasteiger partial charge on any atom is -0.352 e.